The van der Waals surface area contributed by atoms with Crippen molar-refractivity contribution < 1.29 is 19.6 Å². The second-order valence-electron chi connectivity index (χ2n) is 4.91. The van der Waals surface area contributed by atoms with Gasteiger partial charge in [-0.25, -0.2) is 0 Å². The summed E-state index contributed by atoms with van der Waals surface area (Å²) in [6.45, 7) is 0.550. The molecule has 8 heteroatoms. The fourth-order valence-electron chi connectivity index (χ4n) is 2.63. The van der Waals surface area contributed by atoms with Crippen molar-refractivity contribution in [3.8, 4) is 0 Å². The van der Waals surface area contributed by atoms with Gasteiger partial charge in [-0.3, -0.25) is 19.7 Å². The molecule has 1 heterocycles. The van der Waals surface area contributed by atoms with Crippen LogP contribution < -0.4 is 10.6 Å². The van der Waals surface area contributed by atoms with Crippen LogP contribution in [0.2, 0.25) is 0 Å². The SMILES string of the molecule is NC(=O)c1ccc(N2CCCC2CC(=O)O)c([N+](=O)[O-])c1. The number of hydrogen-bond acceptors (Lipinski definition) is 5. The summed E-state index contributed by atoms with van der Waals surface area (Å²) in [7, 11) is 0. The smallest absolute Gasteiger partial charge is 0.305 e. The molecular weight excluding hydrogens is 278 g/mol. The maximum absolute atomic E-state index is 11.2. The molecule has 3 N–H and O–H groups in total. The first-order valence-electron chi connectivity index (χ1n) is 6.47. The summed E-state index contributed by atoms with van der Waals surface area (Å²) in [4.78, 5) is 34.3. The van der Waals surface area contributed by atoms with Crippen molar-refractivity contribution in [2.75, 3.05) is 11.4 Å². The molecule has 0 bridgehead atoms. The lowest BCUT2D eigenvalue weighted by Crippen LogP contribution is -2.31. The number of carboxylic acid groups (broad SMARTS) is 1. The van der Waals surface area contributed by atoms with Crippen LogP contribution in [0.1, 0.15) is 29.6 Å². The van der Waals surface area contributed by atoms with Gasteiger partial charge < -0.3 is 15.7 Å². The number of nitro benzene ring substituents is 1. The highest BCUT2D eigenvalue weighted by Gasteiger charge is 2.31. The maximum atomic E-state index is 11.2. The summed E-state index contributed by atoms with van der Waals surface area (Å²) in [6, 6.07) is 3.73. The summed E-state index contributed by atoms with van der Waals surface area (Å²) in [5.74, 6) is -1.68. The first-order valence-corrected chi connectivity index (χ1v) is 6.47. The molecule has 1 aliphatic rings. The number of rotatable bonds is 5. The van der Waals surface area contributed by atoms with Gasteiger partial charge in [-0.1, -0.05) is 0 Å². The second-order valence-corrected chi connectivity index (χ2v) is 4.91. The first-order chi connectivity index (χ1) is 9.90. The quantitative estimate of drug-likeness (QED) is 0.619. The zero-order chi connectivity index (χ0) is 15.6. The Bertz CT molecular complexity index is 601. The second kappa shape index (κ2) is 5.78. The van der Waals surface area contributed by atoms with Crippen LogP contribution in [0.3, 0.4) is 0 Å². The van der Waals surface area contributed by atoms with E-state index >= 15 is 0 Å². The molecule has 2 rings (SSSR count). The summed E-state index contributed by atoms with van der Waals surface area (Å²) >= 11 is 0. The number of hydrogen-bond donors (Lipinski definition) is 2. The van der Waals surface area contributed by atoms with Crippen molar-refractivity contribution in [2.24, 2.45) is 5.73 Å². The molecule has 0 aromatic heterocycles. The highest BCUT2D eigenvalue weighted by Crippen LogP contribution is 2.35. The third-order valence-corrected chi connectivity index (χ3v) is 3.55. The number of amides is 1. The van der Waals surface area contributed by atoms with Crippen LogP contribution in [0.15, 0.2) is 18.2 Å². The van der Waals surface area contributed by atoms with E-state index in [4.69, 9.17) is 10.8 Å². The van der Waals surface area contributed by atoms with Crippen molar-refractivity contribution >= 4 is 23.3 Å². The van der Waals surface area contributed by atoms with Gasteiger partial charge in [0, 0.05) is 24.2 Å². The van der Waals surface area contributed by atoms with Gasteiger partial charge in [0.2, 0.25) is 5.91 Å². The number of carbonyl (C=O) groups excluding carboxylic acids is 1. The molecule has 21 heavy (non-hydrogen) atoms. The number of nitrogens with two attached hydrogens (primary N) is 1. The van der Waals surface area contributed by atoms with E-state index in [1.165, 1.54) is 12.1 Å². The number of carbonyl (C=O) groups is 2. The topological polar surface area (TPSA) is 127 Å². The molecule has 1 aliphatic heterocycles. The Kier molecular flexibility index (Phi) is 4.06. The summed E-state index contributed by atoms with van der Waals surface area (Å²) in [5.41, 5.74) is 5.28. The van der Waals surface area contributed by atoms with Gasteiger partial charge in [-0.15, -0.1) is 0 Å². The molecule has 1 saturated heterocycles. The van der Waals surface area contributed by atoms with Gasteiger partial charge in [0.15, 0.2) is 0 Å². The molecule has 1 aromatic rings. The van der Waals surface area contributed by atoms with Crippen LogP contribution in [0, 0.1) is 10.1 Å². The summed E-state index contributed by atoms with van der Waals surface area (Å²) in [5, 5.41) is 20.1. The van der Waals surface area contributed by atoms with E-state index in [9.17, 15) is 19.7 Å². The molecule has 0 saturated carbocycles. The van der Waals surface area contributed by atoms with Gasteiger partial charge in [-0.05, 0) is 25.0 Å². The minimum absolute atomic E-state index is 0.0550. The molecule has 1 amide bonds. The highest BCUT2D eigenvalue weighted by molar-refractivity contribution is 5.94. The standard InChI is InChI=1S/C13H15N3O5/c14-13(19)8-3-4-10(11(6-8)16(20)21)15-5-1-2-9(15)7-12(17)18/h3-4,6,9H,1-2,5,7H2,(H2,14,19)(H,17,18). The number of nitrogens with zero attached hydrogens (tertiary/aromatic N) is 2. The molecule has 8 nitrogen and oxygen atoms in total. The van der Waals surface area contributed by atoms with Crippen molar-refractivity contribution in [2.45, 2.75) is 25.3 Å². The predicted octanol–water partition coefficient (Wildman–Crippen LogP) is 1.14. The highest BCUT2D eigenvalue weighted by atomic mass is 16.6. The average Bonchev–Trinajstić information content (AvgIpc) is 2.84. The van der Waals surface area contributed by atoms with Gasteiger partial charge in [0.25, 0.3) is 5.69 Å². The van der Waals surface area contributed by atoms with E-state index in [0.29, 0.717) is 18.7 Å². The number of anilines is 1. The minimum Gasteiger partial charge on any atom is -0.481 e. The van der Waals surface area contributed by atoms with Gasteiger partial charge >= 0.3 is 5.97 Å². The number of benzene rings is 1. The molecule has 0 aliphatic carbocycles. The third-order valence-electron chi connectivity index (χ3n) is 3.55. The number of nitro groups is 1. The van der Waals surface area contributed by atoms with Crippen LogP contribution in [0.4, 0.5) is 11.4 Å². The zero-order valence-corrected chi connectivity index (χ0v) is 11.2. The van der Waals surface area contributed by atoms with Crippen LogP contribution in [0.25, 0.3) is 0 Å². The van der Waals surface area contributed by atoms with Crippen molar-refractivity contribution in [3.05, 3.63) is 33.9 Å². The van der Waals surface area contributed by atoms with Gasteiger partial charge in [0.1, 0.15) is 5.69 Å². The predicted molar refractivity (Wildman–Crippen MR) is 74.2 cm³/mol. The molecule has 1 unspecified atom stereocenters. The number of aliphatic carboxylic acids is 1. The Labute approximate surface area is 120 Å². The molecule has 0 spiro atoms. The average molecular weight is 293 g/mol. The molecule has 112 valence electrons. The molecule has 1 aromatic carbocycles. The third kappa shape index (κ3) is 3.10. The normalized spacial score (nSPS) is 17.7. The Balaban J connectivity index is 2.40. The monoisotopic (exact) mass is 293 g/mol. The lowest BCUT2D eigenvalue weighted by molar-refractivity contribution is -0.384. The van der Waals surface area contributed by atoms with Gasteiger partial charge in [-0.2, -0.15) is 0 Å². The van der Waals surface area contributed by atoms with E-state index in [-0.39, 0.29) is 23.7 Å². The van der Waals surface area contributed by atoms with Crippen molar-refractivity contribution in [1.29, 1.82) is 0 Å². The van der Waals surface area contributed by atoms with Crippen molar-refractivity contribution in [1.82, 2.24) is 0 Å². The fraction of sp³-hybridized carbons (Fsp3) is 0.385. The lowest BCUT2D eigenvalue weighted by atomic mass is 10.1. The molecule has 0 radical (unpaired) electrons. The Morgan fingerprint density at radius 3 is 2.76 bits per heavy atom. The maximum Gasteiger partial charge on any atom is 0.305 e. The zero-order valence-electron chi connectivity index (χ0n) is 11.2. The summed E-state index contributed by atoms with van der Waals surface area (Å²) < 4.78 is 0. The summed E-state index contributed by atoms with van der Waals surface area (Å²) in [6.07, 6.45) is 1.36. The Morgan fingerprint density at radius 1 is 1.48 bits per heavy atom. The number of carboxylic acids is 1. The van der Waals surface area contributed by atoms with E-state index in [1.54, 1.807) is 4.90 Å². The number of primary amides is 1. The fourth-order valence-corrected chi connectivity index (χ4v) is 2.63. The van der Waals surface area contributed by atoms with Crippen LogP contribution in [0.5, 0.6) is 0 Å². The van der Waals surface area contributed by atoms with Crippen LogP contribution >= 0.6 is 0 Å². The lowest BCUT2D eigenvalue weighted by Gasteiger charge is -2.25. The minimum atomic E-state index is -0.941. The Morgan fingerprint density at radius 2 is 2.19 bits per heavy atom. The van der Waals surface area contributed by atoms with Crippen LogP contribution in [-0.2, 0) is 4.79 Å². The molecule has 1 atom stereocenters. The first kappa shape index (κ1) is 14.8. The Hall–Kier alpha value is -2.64. The van der Waals surface area contributed by atoms with Crippen LogP contribution in [-0.4, -0.2) is 34.5 Å². The van der Waals surface area contributed by atoms with E-state index in [1.807, 2.05) is 0 Å². The molecular formula is C13H15N3O5. The van der Waals surface area contributed by atoms with E-state index in [2.05, 4.69) is 0 Å². The van der Waals surface area contributed by atoms with E-state index in [0.717, 1.165) is 12.5 Å². The molecule has 1 fully saturated rings. The van der Waals surface area contributed by atoms with Crippen molar-refractivity contribution in [3.63, 3.8) is 0 Å². The van der Waals surface area contributed by atoms with Gasteiger partial charge in [0.05, 0.1) is 11.3 Å². The van der Waals surface area contributed by atoms with E-state index < -0.39 is 16.8 Å². The largest absolute Gasteiger partial charge is 0.481 e.